The number of hydrogen-bond acceptors (Lipinski definition) is 5. The molecule has 154 valence electrons. The molecule has 1 aliphatic rings. The number of carbonyl (C=O) groups is 1. The Labute approximate surface area is 176 Å². The Bertz CT molecular complexity index is 1020. The summed E-state index contributed by atoms with van der Waals surface area (Å²) in [5, 5.41) is 11.9. The molecule has 0 bridgehead atoms. The number of methoxy groups -OCH3 is 1. The number of ether oxygens (including phenoxy) is 1. The lowest BCUT2D eigenvalue weighted by atomic mass is 9.97. The smallest absolute Gasteiger partial charge is 0.229 e. The summed E-state index contributed by atoms with van der Waals surface area (Å²) < 4.78 is 5.23. The highest BCUT2D eigenvalue weighted by Gasteiger charge is 2.27. The number of anilines is 2. The first-order valence-corrected chi connectivity index (χ1v) is 10.2. The minimum Gasteiger partial charge on any atom is -0.497 e. The summed E-state index contributed by atoms with van der Waals surface area (Å²) in [4.78, 5) is 14.9. The van der Waals surface area contributed by atoms with Crippen molar-refractivity contribution in [2.45, 2.75) is 19.8 Å². The molecule has 0 radical (unpaired) electrons. The van der Waals surface area contributed by atoms with E-state index in [9.17, 15) is 4.79 Å². The zero-order valence-corrected chi connectivity index (χ0v) is 17.3. The highest BCUT2D eigenvalue weighted by Crippen LogP contribution is 2.25. The van der Waals surface area contributed by atoms with Crippen LogP contribution in [0.2, 0.25) is 0 Å². The molecule has 6 nitrogen and oxygen atoms in total. The number of hydrogen-bond donors (Lipinski definition) is 1. The van der Waals surface area contributed by atoms with E-state index in [0.717, 1.165) is 47.9 Å². The maximum atomic E-state index is 12.8. The van der Waals surface area contributed by atoms with Crippen LogP contribution in [0.25, 0.3) is 11.3 Å². The topological polar surface area (TPSA) is 67.3 Å². The minimum absolute atomic E-state index is 0.0253. The van der Waals surface area contributed by atoms with Gasteiger partial charge in [0.05, 0.1) is 18.7 Å². The Morgan fingerprint density at radius 3 is 2.73 bits per heavy atom. The van der Waals surface area contributed by atoms with E-state index in [0.29, 0.717) is 6.54 Å². The second-order valence-electron chi connectivity index (χ2n) is 7.65. The van der Waals surface area contributed by atoms with Gasteiger partial charge in [0.15, 0.2) is 5.82 Å². The maximum Gasteiger partial charge on any atom is 0.229 e. The number of rotatable bonds is 5. The molecule has 6 heteroatoms. The molecule has 1 atom stereocenters. The van der Waals surface area contributed by atoms with Gasteiger partial charge in [-0.2, -0.15) is 0 Å². The average molecular weight is 402 g/mol. The predicted octanol–water partition coefficient (Wildman–Crippen LogP) is 4.32. The highest BCUT2D eigenvalue weighted by atomic mass is 16.5. The second kappa shape index (κ2) is 8.95. The van der Waals surface area contributed by atoms with Crippen LogP contribution in [0.4, 0.5) is 11.5 Å². The summed E-state index contributed by atoms with van der Waals surface area (Å²) in [5.74, 6) is 1.47. The third-order valence-corrected chi connectivity index (χ3v) is 5.42. The van der Waals surface area contributed by atoms with Crippen molar-refractivity contribution in [2.75, 3.05) is 30.4 Å². The lowest BCUT2D eigenvalue weighted by Crippen LogP contribution is -2.41. The Hall–Kier alpha value is -3.41. The first-order valence-electron chi connectivity index (χ1n) is 10.2. The molecule has 4 rings (SSSR count). The van der Waals surface area contributed by atoms with Gasteiger partial charge < -0.3 is 15.0 Å². The van der Waals surface area contributed by atoms with Crippen LogP contribution in [0.3, 0.4) is 0 Å². The summed E-state index contributed by atoms with van der Waals surface area (Å²) in [7, 11) is 1.62. The number of carbonyl (C=O) groups excluding carboxylic acids is 1. The van der Waals surface area contributed by atoms with Crippen LogP contribution < -0.4 is 15.0 Å². The van der Waals surface area contributed by atoms with Crippen LogP contribution in [0.1, 0.15) is 18.4 Å². The first kappa shape index (κ1) is 19.9. The van der Waals surface area contributed by atoms with Crippen LogP contribution in [0.5, 0.6) is 5.75 Å². The normalized spacial score (nSPS) is 16.2. The molecule has 1 N–H and O–H groups in total. The molecule has 0 aliphatic carbocycles. The monoisotopic (exact) mass is 402 g/mol. The molecular weight excluding hydrogens is 376 g/mol. The molecule has 2 heterocycles. The largest absolute Gasteiger partial charge is 0.497 e. The number of piperidine rings is 1. The summed E-state index contributed by atoms with van der Waals surface area (Å²) >= 11 is 0. The summed E-state index contributed by atoms with van der Waals surface area (Å²) in [6.07, 6.45) is 1.80. The van der Waals surface area contributed by atoms with Crippen LogP contribution >= 0.6 is 0 Å². The van der Waals surface area contributed by atoms with Crippen molar-refractivity contribution in [2.24, 2.45) is 5.92 Å². The number of amides is 1. The molecular formula is C24H26N4O2. The Morgan fingerprint density at radius 2 is 1.97 bits per heavy atom. The van der Waals surface area contributed by atoms with Crippen LogP contribution in [-0.4, -0.2) is 36.3 Å². The standard InChI is InChI=1S/C24H26N4O2/c1-17-6-3-7-18(14-17)22-11-12-23(27-26-22)28-13-5-8-19(16-28)24(29)25-20-9-4-10-21(15-20)30-2/h3-4,6-7,9-12,14-15,19H,5,8,13,16H2,1-2H3,(H,25,29). The van der Waals surface area contributed by atoms with Crippen molar-refractivity contribution in [1.29, 1.82) is 0 Å². The fraction of sp³-hybridized carbons (Fsp3) is 0.292. The summed E-state index contributed by atoms with van der Waals surface area (Å²) in [5.41, 5.74) is 3.85. The van der Waals surface area contributed by atoms with E-state index in [1.165, 1.54) is 5.56 Å². The average Bonchev–Trinajstić information content (AvgIpc) is 2.79. The van der Waals surface area contributed by atoms with E-state index in [-0.39, 0.29) is 11.8 Å². The molecule has 3 aromatic rings. The number of nitrogens with one attached hydrogen (secondary N) is 1. The lowest BCUT2D eigenvalue weighted by molar-refractivity contribution is -0.120. The van der Waals surface area contributed by atoms with Crippen molar-refractivity contribution >= 4 is 17.4 Å². The van der Waals surface area contributed by atoms with E-state index in [2.05, 4.69) is 39.5 Å². The molecule has 30 heavy (non-hydrogen) atoms. The SMILES string of the molecule is COc1cccc(NC(=O)C2CCCN(c3ccc(-c4cccc(C)c4)nn3)C2)c1. The van der Waals surface area contributed by atoms with Crippen molar-refractivity contribution in [1.82, 2.24) is 10.2 Å². The van der Waals surface area contributed by atoms with Crippen LogP contribution in [0, 0.1) is 12.8 Å². The predicted molar refractivity (Wildman–Crippen MR) is 119 cm³/mol. The van der Waals surface area contributed by atoms with Crippen LogP contribution in [-0.2, 0) is 4.79 Å². The Balaban J connectivity index is 1.42. The van der Waals surface area contributed by atoms with Crippen molar-refractivity contribution in [3.63, 3.8) is 0 Å². The van der Waals surface area contributed by atoms with E-state index in [1.807, 2.05) is 48.5 Å². The minimum atomic E-state index is -0.0943. The fourth-order valence-electron chi connectivity index (χ4n) is 3.80. The van der Waals surface area contributed by atoms with E-state index < -0.39 is 0 Å². The highest BCUT2D eigenvalue weighted by molar-refractivity contribution is 5.93. The van der Waals surface area contributed by atoms with Crippen LogP contribution in [0.15, 0.2) is 60.7 Å². The van der Waals surface area contributed by atoms with E-state index in [4.69, 9.17) is 4.74 Å². The molecule has 0 saturated carbocycles. The van der Waals surface area contributed by atoms with Crippen molar-refractivity contribution in [3.05, 3.63) is 66.2 Å². The van der Waals surface area contributed by atoms with Gasteiger partial charge in [-0.3, -0.25) is 4.79 Å². The molecule has 0 spiro atoms. The van der Waals surface area contributed by atoms with Gasteiger partial charge in [-0.05, 0) is 50.1 Å². The fourth-order valence-corrected chi connectivity index (χ4v) is 3.80. The van der Waals surface area contributed by atoms with Gasteiger partial charge in [0.1, 0.15) is 5.75 Å². The summed E-state index contributed by atoms with van der Waals surface area (Å²) in [6, 6.07) is 19.6. The van der Waals surface area contributed by atoms with E-state index >= 15 is 0 Å². The lowest BCUT2D eigenvalue weighted by Gasteiger charge is -2.32. The zero-order valence-electron chi connectivity index (χ0n) is 17.3. The summed E-state index contributed by atoms with van der Waals surface area (Å²) in [6.45, 7) is 3.57. The molecule has 1 amide bonds. The van der Waals surface area contributed by atoms with Gasteiger partial charge in [0.2, 0.25) is 5.91 Å². The van der Waals surface area contributed by atoms with Crippen molar-refractivity contribution in [3.8, 4) is 17.0 Å². The van der Waals surface area contributed by atoms with Gasteiger partial charge in [-0.1, -0.05) is 29.8 Å². The zero-order chi connectivity index (χ0) is 20.9. The Kier molecular flexibility index (Phi) is 5.93. The molecule has 1 unspecified atom stereocenters. The number of aryl methyl sites for hydroxylation is 1. The quantitative estimate of drug-likeness (QED) is 0.689. The number of benzene rings is 2. The maximum absolute atomic E-state index is 12.8. The second-order valence-corrected chi connectivity index (χ2v) is 7.65. The van der Waals surface area contributed by atoms with Gasteiger partial charge in [-0.25, -0.2) is 0 Å². The Morgan fingerprint density at radius 1 is 1.10 bits per heavy atom. The van der Waals surface area contributed by atoms with Crippen molar-refractivity contribution < 1.29 is 9.53 Å². The third-order valence-electron chi connectivity index (χ3n) is 5.42. The molecule has 1 aliphatic heterocycles. The number of aromatic nitrogens is 2. The third kappa shape index (κ3) is 4.59. The van der Waals surface area contributed by atoms with E-state index in [1.54, 1.807) is 7.11 Å². The molecule has 1 aromatic heterocycles. The molecule has 2 aromatic carbocycles. The van der Waals surface area contributed by atoms with Gasteiger partial charge in [0, 0.05) is 30.4 Å². The van der Waals surface area contributed by atoms with Gasteiger partial charge >= 0.3 is 0 Å². The molecule has 1 fully saturated rings. The molecule has 1 saturated heterocycles. The first-order chi connectivity index (χ1) is 14.6. The van der Waals surface area contributed by atoms with Gasteiger partial charge in [0.25, 0.3) is 0 Å². The van der Waals surface area contributed by atoms with Gasteiger partial charge in [-0.15, -0.1) is 10.2 Å². The number of nitrogens with zero attached hydrogens (tertiary/aromatic N) is 3.